The molecule has 2 N–H and O–H groups in total. The fourth-order valence-corrected chi connectivity index (χ4v) is 4.61. The van der Waals surface area contributed by atoms with Crippen LogP contribution in [-0.4, -0.2) is 31.9 Å². The number of benzene rings is 1. The Labute approximate surface area is 122 Å². The molecule has 20 heavy (non-hydrogen) atoms. The highest BCUT2D eigenvalue weighted by molar-refractivity contribution is 7.89. The highest BCUT2D eigenvalue weighted by Crippen LogP contribution is 2.27. The summed E-state index contributed by atoms with van der Waals surface area (Å²) < 4.78 is 27.2. The van der Waals surface area contributed by atoms with Crippen LogP contribution in [0.1, 0.15) is 30.9 Å². The molecule has 0 spiro atoms. The molecule has 1 heterocycles. The number of rotatable bonds is 3. The Morgan fingerprint density at radius 3 is 2.70 bits per heavy atom. The second kappa shape index (κ2) is 5.84. The maximum absolute atomic E-state index is 12.8. The lowest BCUT2D eigenvalue weighted by Crippen LogP contribution is -2.49. The van der Waals surface area contributed by atoms with E-state index >= 15 is 0 Å². The van der Waals surface area contributed by atoms with Crippen molar-refractivity contribution in [2.24, 2.45) is 11.7 Å². The van der Waals surface area contributed by atoms with Crippen molar-refractivity contribution in [3.63, 3.8) is 0 Å². The van der Waals surface area contributed by atoms with E-state index in [1.165, 1.54) is 0 Å². The topological polar surface area (TPSA) is 63.4 Å². The van der Waals surface area contributed by atoms with Crippen molar-refractivity contribution in [1.82, 2.24) is 4.31 Å². The Bertz CT molecular complexity index is 584. The lowest BCUT2D eigenvalue weighted by Gasteiger charge is -2.35. The van der Waals surface area contributed by atoms with Gasteiger partial charge in [-0.1, -0.05) is 25.5 Å². The first-order valence-corrected chi connectivity index (χ1v) is 8.63. The molecule has 0 aromatic heterocycles. The van der Waals surface area contributed by atoms with Gasteiger partial charge in [-0.25, -0.2) is 8.42 Å². The molecule has 1 saturated heterocycles. The molecular formula is C15H24N2O2S. The molecule has 0 aliphatic carbocycles. The molecule has 0 amide bonds. The fourth-order valence-electron chi connectivity index (χ4n) is 2.79. The van der Waals surface area contributed by atoms with Crippen molar-refractivity contribution >= 4 is 10.0 Å². The van der Waals surface area contributed by atoms with Crippen molar-refractivity contribution in [2.45, 2.75) is 44.6 Å². The maximum atomic E-state index is 12.8. The van der Waals surface area contributed by atoms with Crippen molar-refractivity contribution in [3.8, 4) is 0 Å². The van der Waals surface area contributed by atoms with Gasteiger partial charge in [0.2, 0.25) is 10.0 Å². The fraction of sp³-hybridized carbons (Fsp3) is 0.600. The van der Waals surface area contributed by atoms with Crippen molar-refractivity contribution < 1.29 is 8.42 Å². The van der Waals surface area contributed by atoms with E-state index in [1.54, 1.807) is 10.4 Å². The largest absolute Gasteiger partial charge is 0.327 e. The van der Waals surface area contributed by atoms with Gasteiger partial charge in [0.05, 0.1) is 4.90 Å². The predicted octanol–water partition coefficient (Wildman–Crippen LogP) is 2.05. The van der Waals surface area contributed by atoms with E-state index in [2.05, 4.69) is 6.92 Å². The van der Waals surface area contributed by atoms with Crippen molar-refractivity contribution in [2.75, 3.05) is 13.1 Å². The summed E-state index contributed by atoms with van der Waals surface area (Å²) in [6, 6.07) is 5.69. The van der Waals surface area contributed by atoms with Crippen LogP contribution in [0.25, 0.3) is 0 Å². The quantitative estimate of drug-likeness (QED) is 0.928. The number of piperidine rings is 1. The summed E-state index contributed by atoms with van der Waals surface area (Å²) in [6.07, 6.45) is 1.66. The summed E-state index contributed by atoms with van der Waals surface area (Å²) >= 11 is 0. The van der Waals surface area contributed by atoms with Gasteiger partial charge in [0.1, 0.15) is 0 Å². The Morgan fingerprint density at radius 1 is 1.35 bits per heavy atom. The molecule has 2 atom stereocenters. The Kier molecular flexibility index (Phi) is 4.52. The number of sulfonamides is 1. The Hall–Kier alpha value is -0.910. The molecule has 1 aliphatic heterocycles. The summed E-state index contributed by atoms with van der Waals surface area (Å²) in [5, 5.41) is 0. The van der Waals surface area contributed by atoms with E-state index in [0.29, 0.717) is 18.0 Å². The molecule has 112 valence electrons. The minimum atomic E-state index is -3.40. The van der Waals surface area contributed by atoms with Crippen molar-refractivity contribution in [1.29, 1.82) is 0 Å². The van der Waals surface area contributed by atoms with Gasteiger partial charge in [-0.2, -0.15) is 4.31 Å². The van der Waals surface area contributed by atoms with Crippen LogP contribution >= 0.6 is 0 Å². The van der Waals surface area contributed by atoms with Gasteiger partial charge in [-0.05, 0) is 43.4 Å². The van der Waals surface area contributed by atoms with E-state index in [0.717, 1.165) is 24.0 Å². The van der Waals surface area contributed by atoms with Gasteiger partial charge in [-0.15, -0.1) is 0 Å². The van der Waals surface area contributed by atoms with E-state index in [4.69, 9.17) is 5.73 Å². The number of nitrogens with zero attached hydrogens (tertiary/aromatic N) is 1. The highest BCUT2D eigenvalue weighted by atomic mass is 32.2. The van der Waals surface area contributed by atoms with Gasteiger partial charge in [0, 0.05) is 19.1 Å². The van der Waals surface area contributed by atoms with Crippen LogP contribution in [0, 0.1) is 19.8 Å². The standard InChI is InChI=1S/C15H24N2O2S/c1-4-13-10-17(8-7-14(13)16)20(18,19)15-9-11(2)5-6-12(15)3/h5-6,9,13-14H,4,7-8,10,16H2,1-3H3. The zero-order valence-electron chi connectivity index (χ0n) is 12.5. The number of nitrogens with two attached hydrogens (primary N) is 1. The van der Waals surface area contributed by atoms with Crippen LogP contribution in [0.3, 0.4) is 0 Å². The second-order valence-corrected chi connectivity index (χ2v) is 7.66. The molecule has 1 aliphatic rings. The third-order valence-corrected chi connectivity index (χ3v) is 6.25. The minimum absolute atomic E-state index is 0.116. The van der Waals surface area contributed by atoms with Gasteiger partial charge in [0.15, 0.2) is 0 Å². The zero-order valence-corrected chi connectivity index (χ0v) is 13.3. The van der Waals surface area contributed by atoms with Gasteiger partial charge < -0.3 is 5.73 Å². The average molecular weight is 296 g/mol. The molecule has 5 heteroatoms. The van der Waals surface area contributed by atoms with Gasteiger partial charge >= 0.3 is 0 Å². The van der Waals surface area contributed by atoms with Crippen LogP contribution < -0.4 is 5.73 Å². The van der Waals surface area contributed by atoms with E-state index in [9.17, 15) is 8.42 Å². The van der Waals surface area contributed by atoms with Crippen LogP contribution in [0.15, 0.2) is 23.1 Å². The number of aryl methyl sites for hydroxylation is 2. The van der Waals surface area contributed by atoms with Crippen LogP contribution in [-0.2, 0) is 10.0 Å². The van der Waals surface area contributed by atoms with Crippen LogP contribution in [0.2, 0.25) is 0 Å². The molecule has 2 rings (SSSR count). The van der Waals surface area contributed by atoms with Crippen LogP contribution in [0.4, 0.5) is 0 Å². The molecular weight excluding hydrogens is 272 g/mol. The van der Waals surface area contributed by atoms with E-state index in [1.807, 2.05) is 26.0 Å². The van der Waals surface area contributed by atoms with Crippen LogP contribution in [0.5, 0.6) is 0 Å². The predicted molar refractivity (Wildman–Crippen MR) is 81.0 cm³/mol. The Morgan fingerprint density at radius 2 is 2.05 bits per heavy atom. The van der Waals surface area contributed by atoms with Gasteiger partial charge in [-0.3, -0.25) is 0 Å². The molecule has 1 aromatic carbocycles. The Balaban J connectivity index is 2.33. The summed E-state index contributed by atoms with van der Waals surface area (Å²) in [6.45, 7) is 6.89. The van der Waals surface area contributed by atoms with Gasteiger partial charge in [0.25, 0.3) is 0 Å². The highest BCUT2D eigenvalue weighted by Gasteiger charge is 2.33. The second-order valence-electron chi connectivity index (χ2n) is 5.75. The zero-order chi connectivity index (χ0) is 14.9. The van der Waals surface area contributed by atoms with E-state index < -0.39 is 10.0 Å². The normalized spacial score (nSPS) is 24.8. The summed E-state index contributed by atoms with van der Waals surface area (Å²) in [7, 11) is -3.40. The molecule has 0 saturated carbocycles. The monoisotopic (exact) mass is 296 g/mol. The summed E-state index contributed by atoms with van der Waals surface area (Å²) in [4.78, 5) is 0.433. The minimum Gasteiger partial charge on any atom is -0.327 e. The number of hydrogen-bond donors (Lipinski definition) is 1. The molecule has 1 aromatic rings. The summed E-state index contributed by atoms with van der Waals surface area (Å²) in [5.74, 6) is 0.253. The average Bonchev–Trinajstić information content (AvgIpc) is 2.41. The molecule has 2 unspecified atom stereocenters. The number of hydrogen-bond acceptors (Lipinski definition) is 3. The summed E-state index contributed by atoms with van der Waals surface area (Å²) in [5.41, 5.74) is 7.84. The third-order valence-electron chi connectivity index (χ3n) is 4.24. The van der Waals surface area contributed by atoms with Crippen molar-refractivity contribution in [3.05, 3.63) is 29.3 Å². The molecule has 0 bridgehead atoms. The first-order valence-electron chi connectivity index (χ1n) is 7.19. The molecule has 4 nitrogen and oxygen atoms in total. The van der Waals surface area contributed by atoms with E-state index in [-0.39, 0.29) is 12.0 Å². The lowest BCUT2D eigenvalue weighted by atomic mass is 9.92. The lowest BCUT2D eigenvalue weighted by molar-refractivity contribution is 0.230. The molecule has 0 radical (unpaired) electrons. The smallest absolute Gasteiger partial charge is 0.243 e. The first kappa shape index (κ1) is 15.5. The first-order chi connectivity index (χ1) is 9.36. The maximum Gasteiger partial charge on any atom is 0.243 e. The third kappa shape index (κ3) is 2.90. The molecule has 1 fully saturated rings. The SMILES string of the molecule is CCC1CN(S(=O)(=O)c2cc(C)ccc2C)CCC1N.